The Morgan fingerprint density at radius 1 is 1.09 bits per heavy atom. The molecule has 0 aromatic heterocycles. The van der Waals surface area contributed by atoms with Crippen LogP contribution >= 0.6 is 0 Å². The third-order valence-electron chi connectivity index (χ3n) is 3.78. The summed E-state index contributed by atoms with van der Waals surface area (Å²) < 4.78 is 0. The van der Waals surface area contributed by atoms with Gasteiger partial charge in [-0.15, -0.1) is 0 Å². The van der Waals surface area contributed by atoms with Gasteiger partial charge >= 0.3 is 0 Å². The lowest BCUT2D eigenvalue weighted by atomic mass is 9.65. The van der Waals surface area contributed by atoms with Crippen molar-refractivity contribution in [3.05, 3.63) is 0 Å². The molecule has 0 spiro atoms. The Bertz CT molecular complexity index is 107. The minimum Gasteiger partial charge on any atom is -0.0648 e. The average molecular weight is 154 g/mol. The molecule has 11 heavy (non-hydrogen) atoms. The van der Waals surface area contributed by atoms with E-state index in [0.29, 0.717) is 0 Å². The first-order valence-corrected chi connectivity index (χ1v) is 5.21. The first kappa shape index (κ1) is 9.09. The largest absolute Gasteiger partial charge is 0.0648 e. The topological polar surface area (TPSA) is 0 Å². The molecular weight excluding hydrogens is 132 g/mol. The molecule has 0 heterocycles. The van der Waals surface area contributed by atoms with Gasteiger partial charge in [0.25, 0.3) is 0 Å². The smallest absolute Gasteiger partial charge is 0.0277 e. The zero-order valence-electron chi connectivity index (χ0n) is 8.32. The number of hydrogen-bond donors (Lipinski definition) is 0. The summed E-state index contributed by atoms with van der Waals surface area (Å²) in [5.41, 5.74) is 0.720. The summed E-state index contributed by atoms with van der Waals surface area (Å²) in [5.74, 6) is 0.896. The molecule has 0 radical (unpaired) electrons. The van der Waals surface area contributed by atoms with E-state index in [1.807, 2.05) is 0 Å². The van der Waals surface area contributed by atoms with E-state index >= 15 is 0 Å². The molecule has 0 bridgehead atoms. The maximum absolute atomic E-state index is 2.40. The van der Waals surface area contributed by atoms with Crippen LogP contribution in [0.1, 0.15) is 59.3 Å². The quantitative estimate of drug-likeness (QED) is 0.564. The highest BCUT2D eigenvalue weighted by Crippen LogP contribution is 2.44. The zero-order chi connectivity index (χ0) is 8.32. The lowest BCUT2D eigenvalue weighted by Crippen LogP contribution is -2.28. The third-order valence-corrected chi connectivity index (χ3v) is 3.78. The van der Waals surface area contributed by atoms with Crippen LogP contribution < -0.4 is 0 Å². The maximum atomic E-state index is 2.40. The van der Waals surface area contributed by atoms with E-state index in [4.69, 9.17) is 0 Å². The summed E-state index contributed by atoms with van der Waals surface area (Å²) in [4.78, 5) is 0. The lowest BCUT2D eigenvalue weighted by Gasteiger charge is -2.40. The van der Waals surface area contributed by atoms with Crippen LogP contribution in [0.4, 0.5) is 0 Å². The van der Waals surface area contributed by atoms with E-state index < -0.39 is 0 Å². The molecular formula is C11H22. The molecule has 0 aromatic rings. The molecule has 0 atom stereocenters. The van der Waals surface area contributed by atoms with Crippen LogP contribution in [-0.4, -0.2) is 0 Å². The molecule has 1 saturated carbocycles. The molecule has 1 aliphatic rings. The van der Waals surface area contributed by atoms with Crippen LogP contribution in [0.25, 0.3) is 0 Å². The van der Waals surface area contributed by atoms with Crippen LogP contribution in [-0.2, 0) is 0 Å². The normalized spacial score (nSPS) is 24.0. The van der Waals surface area contributed by atoms with Gasteiger partial charge in [-0.1, -0.05) is 46.5 Å². The van der Waals surface area contributed by atoms with Crippen molar-refractivity contribution in [3.63, 3.8) is 0 Å². The van der Waals surface area contributed by atoms with Gasteiger partial charge in [-0.3, -0.25) is 0 Å². The fourth-order valence-corrected chi connectivity index (χ4v) is 2.60. The van der Waals surface area contributed by atoms with E-state index in [2.05, 4.69) is 20.8 Å². The Morgan fingerprint density at radius 2 is 1.64 bits per heavy atom. The van der Waals surface area contributed by atoms with Crippen LogP contribution in [0, 0.1) is 11.3 Å². The second-order valence-electron chi connectivity index (χ2n) is 4.43. The van der Waals surface area contributed by atoms with Crippen molar-refractivity contribution in [1.29, 1.82) is 0 Å². The molecule has 66 valence electrons. The van der Waals surface area contributed by atoms with Gasteiger partial charge in [0.15, 0.2) is 0 Å². The predicted octanol–water partition coefficient (Wildman–Crippen LogP) is 4.00. The molecule has 0 amide bonds. The molecule has 0 saturated heterocycles. The van der Waals surface area contributed by atoms with Gasteiger partial charge in [0.05, 0.1) is 0 Å². The monoisotopic (exact) mass is 154 g/mol. The molecule has 0 N–H and O–H groups in total. The average Bonchev–Trinajstić information content (AvgIpc) is 2.05. The standard InChI is InChI=1S/C11H22/c1-4-11(10(2)3)8-6-5-7-9-11/h10H,4-9H2,1-3H3. The summed E-state index contributed by atoms with van der Waals surface area (Å²) in [6.45, 7) is 7.16. The van der Waals surface area contributed by atoms with Crippen LogP contribution in [0.5, 0.6) is 0 Å². The highest BCUT2D eigenvalue weighted by Gasteiger charge is 2.32. The van der Waals surface area contributed by atoms with Gasteiger partial charge in [0, 0.05) is 0 Å². The van der Waals surface area contributed by atoms with Crippen LogP contribution in [0.15, 0.2) is 0 Å². The van der Waals surface area contributed by atoms with Crippen molar-refractivity contribution in [1.82, 2.24) is 0 Å². The van der Waals surface area contributed by atoms with Gasteiger partial charge in [-0.05, 0) is 24.2 Å². The van der Waals surface area contributed by atoms with Gasteiger partial charge in [-0.25, -0.2) is 0 Å². The number of rotatable bonds is 2. The van der Waals surface area contributed by atoms with Gasteiger partial charge < -0.3 is 0 Å². The number of hydrogen-bond acceptors (Lipinski definition) is 0. The van der Waals surface area contributed by atoms with E-state index in [0.717, 1.165) is 11.3 Å². The van der Waals surface area contributed by atoms with Crippen molar-refractivity contribution < 1.29 is 0 Å². The molecule has 0 aliphatic heterocycles. The van der Waals surface area contributed by atoms with Crippen LogP contribution in [0.3, 0.4) is 0 Å². The second-order valence-corrected chi connectivity index (χ2v) is 4.43. The summed E-state index contributed by atoms with van der Waals surface area (Å²) in [7, 11) is 0. The first-order valence-electron chi connectivity index (χ1n) is 5.21. The van der Waals surface area contributed by atoms with Crippen molar-refractivity contribution in [2.24, 2.45) is 11.3 Å². The zero-order valence-corrected chi connectivity index (χ0v) is 8.32. The minimum atomic E-state index is 0.720. The Kier molecular flexibility index (Phi) is 2.98. The summed E-state index contributed by atoms with van der Waals surface area (Å²) >= 11 is 0. The summed E-state index contributed by atoms with van der Waals surface area (Å²) in [6, 6.07) is 0. The third kappa shape index (κ3) is 1.77. The molecule has 1 aliphatic carbocycles. The Labute approximate surface area is 71.4 Å². The summed E-state index contributed by atoms with van der Waals surface area (Å²) in [5, 5.41) is 0. The molecule has 0 nitrogen and oxygen atoms in total. The predicted molar refractivity (Wildman–Crippen MR) is 50.6 cm³/mol. The highest BCUT2D eigenvalue weighted by molar-refractivity contribution is 4.83. The first-order chi connectivity index (χ1) is 5.21. The fraction of sp³-hybridized carbons (Fsp3) is 1.00. The molecule has 0 heteroatoms. The van der Waals surface area contributed by atoms with E-state index in [9.17, 15) is 0 Å². The second kappa shape index (κ2) is 3.60. The van der Waals surface area contributed by atoms with Crippen LogP contribution in [0.2, 0.25) is 0 Å². The Hall–Kier alpha value is 0. The SMILES string of the molecule is CCC1(C(C)C)CCCCC1. The maximum Gasteiger partial charge on any atom is -0.0277 e. The van der Waals surface area contributed by atoms with E-state index in [1.165, 1.54) is 38.5 Å². The highest BCUT2D eigenvalue weighted by atomic mass is 14.4. The molecule has 1 fully saturated rings. The van der Waals surface area contributed by atoms with Gasteiger partial charge in [-0.2, -0.15) is 0 Å². The van der Waals surface area contributed by atoms with E-state index in [-0.39, 0.29) is 0 Å². The molecule has 1 rings (SSSR count). The fourth-order valence-electron chi connectivity index (χ4n) is 2.60. The van der Waals surface area contributed by atoms with Crippen molar-refractivity contribution in [2.45, 2.75) is 59.3 Å². The van der Waals surface area contributed by atoms with E-state index in [1.54, 1.807) is 0 Å². The van der Waals surface area contributed by atoms with Gasteiger partial charge in [0.1, 0.15) is 0 Å². The Morgan fingerprint density at radius 3 is 1.91 bits per heavy atom. The van der Waals surface area contributed by atoms with Crippen molar-refractivity contribution in [3.8, 4) is 0 Å². The van der Waals surface area contributed by atoms with Gasteiger partial charge in [0.2, 0.25) is 0 Å². The lowest BCUT2D eigenvalue weighted by molar-refractivity contribution is 0.112. The molecule has 0 unspecified atom stereocenters. The minimum absolute atomic E-state index is 0.720. The Balaban J connectivity index is 2.57. The summed E-state index contributed by atoms with van der Waals surface area (Å²) in [6.07, 6.45) is 8.81. The molecule has 0 aromatic carbocycles. The van der Waals surface area contributed by atoms with Crippen molar-refractivity contribution >= 4 is 0 Å². The van der Waals surface area contributed by atoms with Crippen molar-refractivity contribution in [2.75, 3.05) is 0 Å².